The van der Waals surface area contributed by atoms with Crippen molar-refractivity contribution in [1.82, 2.24) is 10.2 Å². The summed E-state index contributed by atoms with van der Waals surface area (Å²) < 4.78 is 4.88. The van der Waals surface area contributed by atoms with E-state index in [4.69, 9.17) is 0 Å². The van der Waals surface area contributed by atoms with Crippen LogP contribution in [0.1, 0.15) is 5.56 Å². The van der Waals surface area contributed by atoms with Crippen molar-refractivity contribution >= 4 is 39.9 Å². The number of hydrogen-bond acceptors (Lipinski definition) is 5. The Labute approximate surface area is 128 Å². The lowest BCUT2D eigenvalue weighted by molar-refractivity contribution is -0.143. The van der Waals surface area contributed by atoms with Crippen LogP contribution in [0.2, 0.25) is 0 Å². The number of aromatic hydroxyl groups is 1. The van der Waals surface area contributed by atoms with Gasteiger partial charge in [-0.25, -0.2) is 9.69 Å². The van der Waals surface area contributed by atoms with Crippen LogP contribution in [0, 0.1) is 0 Å². The summed E-state index contributed by atoms with van der Waals surface area (Å²) in [6, 6.07) is 3.93. The van der Waals surface area contributed by atoms with Crippen LogP contribution in [-0.2, 0) is 14.3 Å². The van der Waals surface area contributed by atoms with E-state index in [1.807, 2.05) is 0 Å². The molecule has 0 spiro atoms. The molecule has 1 aromatic rings. The van der Waals surface area contributed by atoms with Gasteiger partial charge in [0.05, 0.1) is 11.6 Å². The van der Waals surface area contributed by atoms with Gasteiger partial charge in [-0.15, -0.1) is 0 Å². The molecule has 1 aromatic carbocycles. The zero-order valence-corrected chi connectivity index (χ0v) is 12.5. The van der Waals surface area contributed by atoms with Crippen LogP contribution in [0.3, 0.4) is 0 Å². The molecule has 1 aliphatic rings. The zero-order valence-electron chi connectivity index (χ0n) is 10.9. The van der Waals surface area contributed by atoms with Crippen LogP contribution in [-0.4, -0.2) is 41.6 Å². The van der Waals surface area contributed by atoms with Gasteiger partial charge in [-0.05, 0) is 39.7 Å². The fourth-order valence-electron chi connectivity index (χ4n) is 1.69. The van der Waals surface area contributed by atoms with Crippen molar-refractivity contribution in [3.8, 4) is 5.75 Å². The molecule has 0 bridgehead atoms. The van der Waals surface area contributed by atoms with Crippen LogP contribution in [0.15, 0.2) is 28.4 Å². The fraction of sp³-hybridized carbons (Fsp3) is 0.154. The van der Waals surface area contributed by atoms with Gasteiger partial charge in [-0.1, -0.05) is 6.07 Å². The molecule has 110 valence electrons. The van der Waals surface area contributed by atoms with Gasteiger partial charge in [0.15, 0.2) is 0 Å². The first-order valence-corrected chi connectivity index (χ1v) is 6.61. The molecule has 0 saturated carbocycles. The number of urea groups is 1. The molecule has 0 radical (unpaired) electrons. The minimum atomic E-state index is -0.688. The number of phenols is 1. The van der Waals surface area contributed by atoms with Gasteiger partial charge in [-0.2, -0.15) is 0 Å². The number of halogens is 1. The molecule has 2 rings (SSSR count). The van der Waals surface area contributed by atoms with Gasteiger partial charge < -0.3 is 15.2 Å². The Kier molecular flexibility index (Phi) is 4.27. The number of nitrogens with one attached hydrogen (secondary N) is 1. The van der Waals surface area contributed by atoms with E-state index in [9.17, 15) is 19.5 Å². The van der Waals surface area contributed by atoms with Crippen LogP contribution in [0.5, 0.6) is 5.75 Å². The van der Waals surface area contributed by atoms with E-state index in [0.717, 1.165) is 4.90 Å². The molecule has 7 nitrogen and oxygen atoms in total. The second-order valence-corrected chi connectivity index (χ2v) is 5.02. The Balaban J connectivity index is 2.23. The maximum atomic E-state index is 12.0. The second kappa shape index (κ2) is 5.96. The molecular weight excluding hydrogens is 344 g/mol. The Morgan fingerprint density at radius 2 is 2.19 bits per heavy atom. The van der Waals surface area contributed by atoms with Crippen molar-refractivity contribution in [3.63, 3.8) is 0 Å². The van der Waals surface area contributed by atoms with Crippen molar-refractivity contribution in [2.45, 2.75) is 0 Å². The first-order chi connectivity index (χ1) is 9.92. The number of hydrogen-bond donors (Lipinski definition) is 2. The van der Waals surface area contributed by atoms with E-state index in [1.165, 1.54) is 19.3 Å². The Morgan fingerprint density at radius 3 is 2.81 bits per heavy atom. The molecule has 1 aliphatic heterocycles. The summed E-state index contributed by atoms with van der Waals surface area (Å²) in [4.78, 5) is 35.6. The number of carbonyl (C=O) groups excluding carboxylic acids is 3. The SMILES string of the molecule is COC(=O)CN1C(=O)NC(=Cc2ccc(O)c(Br)c2)C1=O. The highest BCUT2D eigenvalue weighted by molar-refractivity contribution is 9.10. The van der Waals surface area contributed by atoms with Gasteiger partial charge in [0.1, 0.15) is 18.0 Å². The third-order valence-corrected chi connectivity index (χ3v) is 3.40. The first kappa shape index (κ1) is 15.0. The topological polar surface area (TPSA) is 95.9 Å². The molecule has 21 heavy (non-hydrogen) atoms. The highest BCUT2D eigenvalue weighted by Crippen LogP contribution is 2.25. The third-order valence-electron chi connectivity index (χ3n) is 2.76. The lowest BCUT2D eigenvalue weighted by atomic mass is 10.2. The Bertz CT molecular complexity index is 656. The second-order valence-electron chi connectivity index (χ2n) is 4.17. The fourth-order valence-corrected chi connectivity index (χ4v) is 2.08. The standard InChI is InChI=1S/C13H11BrN2O5/c1-21-11(18)6-16-12(19)9(15-13(16)20)5-7-2-3-10(17)8(14)4-7/h2-5,17H,6H2,1H3,(H,15,20). The smallest absolute Gasteiger partial charge is 0.329 e. The van der Waals surface area contributed by atoms with E-state index < -0.39 is 24.5 Å². The number of imide groups is 1. The molecule has 0 atom stereocenters. The zero-order chi connectivity index (χ0) is 15.6. The van der Waals surface area contributed by atoms with Crippen molar-refractivity contribution in [2.24, 2.45) is 0 Å². The number of rotatable bonds is 3. The Morgan fingerprint density at radius 1 is 1.48 bits per heavy atom. The maximum Gasteiger partial charge on any atom is 0.329 e. The quantitative estimate of drug-likeness (QED) is 0.483. The van der Waals surface area contributed by atoms with Crippen LogP contribution in [0.25, 0.3) is 6.08 Å². The van der Waals surface area contributed by atoms with Gasteiger partial charge in [0, 0.05) is 0 Å². The highest BCUT2D eigenvalue weighted by atomic mass is 79.9. The predicted octanol–water partition coefficient (Wildman–Crippen LogP) is 1.22. The third kappa shape index (κ3) is 3.22. The lowest BCUT2D eigenvalue weighted by Gasteiger charge is -2.09. The lowest BCUT2D eigenvalue weighted by Crippen LogP contribution is -2.36. The predicted molar refractivity (Wildman–Crippen MR) is 76.0 cm³/mol. The summed E-state index contributed by atoms with van der Waals surface area (Å²) in [5.41, 5.74) is 0.643. The monoisotopic (exact) mass is 354 g/mol. The number of methoxy groups -OCH3 is 1. The van der Waals surface area contributed by atoms with E-state index in [-0.39, 0.29) is 11.4 Å². The largest absolute Gasteiger partial charge is 0.507 e. The van der Waals surface area contributed by atoms with E-state index in [1.54, 1.807) is 12.1 Å². The minimum Gasteiger partial charge on any atom is -0.507 e. The van der Waals surface area contributed by atoms with E-state index >= 15 is 0 Å². The van der Waals surface area contributed by atoms with Crippen molar-refractivity contribution in [2.75, 3.05) is 13.7 Å². The maximum absolute atomic E-state index is 12.0. The number of carbonyl (C=O) groups is 3. The average molecular weight is 355 g/mol. The summed E-state index contributed by atoms with van der Waals surface area (Å²) in [5.74, 6) is -1.24. The number of nitrogens with zero attached hydrogens (tertiary/aromatic N) is 1. The molecule has 1 saturated heterocycles. The number of ether oxygens (including phenoxy) is 1. The van der Waals surface area contributed by atoms with E-state index in [0.29, 0.717) is 10.0 Å². The summed E-state index contributed by atoms with van der Waals surface area (Å²) in [7, 11) is 1.17. The summed E-state index contributed by atoms with van der Waals surface area (Å²) in [6.07, 6.45) is 1.45. The molecule has 8 heteroatoms. The molecule has 0 unspecified atom stereocenters. The Hall–Kier alpha value is -2.35. The van der Waals surface area contributed by atoms with Gasteiger partial charge in [-0.3, -0.25) is 9.59 Å². The van der Waals surface area contributed by atoms with Gasteiger partial charge in [0.25, 0.3) is 5.91 Å². The summed E-state index contributed by atoms with van der Waals surface area (Å²) in [6.45, 7) is -0.447. The van der Waals surface area contributed by atoms with E-state index in [2.05, 4.69) is 26.0 Å². The molecular formula is C13H11BrN2O5. The molecule has 0 aliphatic carbocycles. The summed E-state index contributed by atoms with van der Waals surface area (Å²) in [5, 5.41) is 11.8. The average Bonchev–Trinajstić information content (AvgIpc) is 2.70. The van der Waals surface area contributed by atoms with Crippen LogP contribution >= 0.6 is 15.9 Å². The molecule has 2 N–H and O–H groups in total. The molecule has 1 heterocycles. The van der Waals surface area contributed by atoms with Crippen molar-refractivity contribution < 1.29 is 24.2 Å². The molecule has 1 fully saturated rings. The van der Waals surface area contributed by atoms with Crippen LogP contribution < -0.4 is 5.32 Å². The van der Waals surface area contributed by atoms with Crippen molar-refractivity contribution in [1.29, 1.82) is 0 Å². The normalized spacial score (nSPS) is 16.3. The van der Waals surface area contributed by atoms with Crippen molar-refractivity contribution in [3.05, 3.63) is 33.9 Å². The first-order valence-electron chi connectivity index (χ1n) is 5.82. The number of benzene rings is 1. The van der Waals surface area contributed by atoms with Crippen LogP contribution in [0.4, 0.5) is 4.79 Å². The summed E-state index contributed by atoms with van der Waals surface area (Å²) >= 11 is 3.15. The number of phenolic OH excluding ortho intramolecular Hbond substituents is 1. The van der Waals surface area contributed by atoms with Gasteiger partial charge in [0.2, 0.25) is 0 Å². The molecule has 0 aromatic heterocycles. The highest BCUT2D eigenvalue weighted by Gasteiger charge is 2.35. The molecule has 3 amide bonds. The minimum absolute atomic E-state index is 0.0430. The number of amides is 3. The van der Waals surface area contributed by atoms with Gasteiger partial charge >= 0.3 is 12.0 Å². The number of esters is 1.